The van der Waals surface area contributed by atoms with Gasteiger partial charge in [-0.3, -0.25) is 19.3 Å². The number of piperidine rings is 1. The van der Waals surface area contributed by atoms with Gasteiger partial charge < -0.3 is 28.7 Å². The Kier molecular flexibility index (Phi) is 13.5. The second-order valence-electron chi connectivity index (χ2n) is 10.9. The Hall–Kier alpha value is -3.38. The third-order valence-electron chi connectivity index (χ3n) is 6.87. The summed E-state index contributed by atoms with van der Waals surface area (Å²) in [5, 5.41) is 0. The van der Waals surface area contributed by atoms with Gasteiger partial charge >= 0.3 is 18.0 Å². The molecule has 0 aliphatic carbocycles. The Bertz CT molecular complexity index is 1090. The molecule has 2 aliphatic heterocycles. The third kappa shape index (κ3) is 10.5. The summed E-state index contributed by atoms with van der Waals surface area (Å²) < 4.78 is 20.9. The van der Waals surface area contributed by atoms with E-state index in [2.05, 4.69) is 4.90 Å². The molecule has 234 valence electrons. The van der Waals surface area contributed by atoms with E-state index in [1.807, 2.05) is 0 Å². The van der Waals surface area contributed by atoms with Gasteiger partial charge in [0, 0.05) is 50.6 Å². The van der Waals surface area contributed by atoms with Crippen molar-refractivity contribution >= 4 is 42.1 Å². The predicted octanol–water partition coefficient (Wildman–Crippen LogP) is 2.91. The fourth-order valence-corrected chi connectivity index (χ4v) is 4.69. The number of carbonyl (C=O) groups is 5. The smallest absolute Gasteiger partial charge is 0.412 e. The Balaban J connectivity index is 0.00000616. The number of esters is 2. The number of ether oxygens (including phenoxy) is 4. The van der Waals surface area contributed by atoms with E-state index in [9.17, 15) is 24.0 Å². The fraction of sp³-hybridized carbons (Fsp3) is 0.621. The average molecular weight is 612 g/mol. The first-order valence-corrected chi connectivity index (χ1v) is 14.0. The maximum Gasteiger partial charge on any atom is 0.412 e. The molecule has 2 saturated heterocycles. The van der Waals surface area contributed by atoms with Gasteiger partial charge in [-0.25, -0.2) is 9.59 Å². The van der Waals surface area contributed by atoms with E-state index in [0.29, 0.717) is 50.3 Å². The molecule has 1 unspecified atom stereocenters. The molecular weight excluding hydrogens is 570 g/mol. The first-order valence-electron chi connectivity index (χ1n) is 14.0. The molecule has 2 aliphatic rings. The molecule has 0 bridgehead atoms. The highest BCUT2D eigenvalue weighted by Crippen LogP contribution is 2.21. The molecule has 0 N–H and O–H groups in total. The SMILES string of the molecule is CC(=O)OC(OC(=O)N1CCC(N2CCN(CC(=O)c3ccc(OCC(=O)OC(C)C)cc3)C(=O)C2)CC1)C(C)C.Cl. The summed E-state index contributed by atoms with van der Waals surface area (Å²) in [6, 6.07) is 6.58. The highest BCUT2D eigenvalue weighted by molar-refractivity contribution is 5.99. The van der Waals surface area contributed by atoms with E-state index in [1.165, 1.54) is 6.92 Å². The summed E-state index contributed by atoms with van der Waals surface area (Å²) in [5.74, 6) is -1.01. The lowest BCUT2D eigenvalue weighted by molar-refractivity contribution is -0.174. The van der Waals surface area contributed by atoms with Crippen molar-refractivity contribution in [3.05, 3.63) is 29.8 Å². The zero-order valence-electron chi connectivity index (χ0n) is 24.9. The normalized spacial score (nSPS) is 17.0. The Morgan fingerprint density at radius 2 is 1.55 bits per heavy atom. The summed E-state index contributed by atoms with van der Waals surface area (Å²) in [5.41, 5.74) is 0.449. The van der Waals surface area contributed by atoms with Crippen LogP contribution in [0, 0.1) is 5.92 Å². The van der Waals surface area contributed by atoms with Crippen LogP contribution in [-0.4, -0.2) is 109 Å². The van der Waals surface area contributed by atoms with Gasteiger partial charge in [-0.1, -0.05) is 13.8 Å². The number of rotatable bonds is 11. The van der Waals surface area contributed by atoms with Gasteiger partial charge in [-0.15, -0.1) is 12.4 Å². The van der Waals surface area contributed by atoms with Crippen LogP contribution < -0.4 is 4.74 Å². The minimum Gasteiger partial charge on any atom is -0.482 e. The highest BCUT2D eigenvalue weighted by atomic mass is 35.5. The number of hydrogen-bond donors (Lipinski definition) is 0. The number of piperazine rings is 1. The van der Waals surface area contributed by atoms with Gasteiger partial charge in [-0.05, 0) is 51.0 Å². The van der Waals surface area contributed by atoms with Gasteiger partial charge in [-0.2, -0.15) is 0 Å². The zero-order valence-corrected chi connectivity index (χ0v) is 25.7. The van der Waals surface area contributed by atoms with Gasteiger partial charge in [0.05, 0.1) is 19.2 Å². The highest BCUT2D eigenvalue weighted by Gasteiger charge is 2.34. The second kappa shape index (κ2) is 16.3. The van der Waals surface area contributed by atoms with E-state index in [1.54, 1.807) is 61.8 Å². The van der Waals surface area contributed by atoms with Crippen molar-refractivity contribution in [1.82, 2.24) is 14.7 Å². The molecule has 1 atom stereocenters. The number of amides is 2. The fourth-order valence-electron chi connectivity index (χ4n) is 4.69. The quantitative estimate of drug-likeness (QED) is 0.209. The molecule has 42 heavy (non-hydrogen) atoms. The molecule has 2 amide bonds. The maximum absolute atomic E-state index is 12.9. The third-order valence-corrected chi connectivity index (χ3v) is 6.87. The van der Waals surface area contributed by atoms with Gasteiger partial charge in [0.2, 0.25) is 5.91 Å². The summed E-state index contributed by atoms with van der Waals surface area (Å²) in [7, 11) is 0. The van der Waals surface area contributed by atoms with Crippen molar-refractivity contribution in [2.75, 3.05) is 45.9 Å². The molecule has 13 heteroatoms. The zero-order chi connectivity index (χ0) is 30.1. The van der Waals surface area contributed by atoms with E-state index < -0.39 is 24.3 Å². The van der Waals surface area contributed by atoms with Crippen molar-refractivity contribution in [3.8, 4) is 5.75 Å². The topological polar surface area (TPSA) is 132 Å². The van der Waals surface area contributed by atoms with Crippen LogP contribution in [0.3, 0.4) is 0 Å². The van der Waals surface area contributed by atoms with Crippen LogP contribution in [0.1, 0.15) is 57.8 Å². The monoisotopic (exact) mass is 611 g/mol. The van der Waals surface area contributed by atoms with Crippen LogP contribution in [0.5, 0.6) is 5.75 Å². The second-order valence-corrected chi connectivity index (χ2v) is 10.9. The van der Waals surface area contributed by atoms with Crippen LogP contribution in [0.2, 0.25) is 0 Å². The predicted molar refractivity (Wildman–Crippen MR) is 154 cm³/mol. The van der Waals surface area contributed by atoms with Crippen LogP contribution in [0.25, 0.3) is 0 Å². The lowest BCUT2D eigenvalue weighted by Crippen LogP contribution is -2.56. The van der Waals surface area contributed by atoms with Crippen molar-refractivity contribution in [2.24, 2.45) is 5.92 Å². The molecule has 0 aromatic heterocycles. The lowest BCUT2D eigenvalue weighted by atomic mass is 10.0. The number of likely N-dealkylation sites (tertiary alicyclic amines) is 1. The molecule has 2 heterocycles. The van der Waals surface area contributed by atoms with E-state index in [4.69, 9.17) is 18.9 Å². The molecule has 12 nitrogen and oxygen atoms in total. The van der Waals surface area contributed by atoms with Gasteiger partial charge in [0.15, 0.2) is 12.4 Å². The molecule has 0 spiro atoms. The number of halogens is 1. The summed E-state index contributed by atoms with van der Waals surface area (Å²) in [6.07, 6.45) is -0.303. The molecule has 2 fully saturated rings. The molecule has 3 rings (SSSR count). The number of benzene rings is 1. The number of Topliss-reactive ketones (excluding diaryl/α,β-unsaturated/α-hetero) is 1. The lowest BCUT2D eigenvalue weighted by Gasteiger charge is -2.42. The minimum absolute atomic E-state index is 0. The van der Waals surface area contributed by atoms with Crippen molar-refractivity contribution in [1.29, 1.82) is 0 Å². The van der Waals surface area contributed by atoms with E-state index in [-0.39, 0.29) is 61.9 Å². The molecule has 0 saturated carbocycles. The molecule has 0 radical (unpaired) electrons. The summed E-state index contributed by atoms with van der Waals surface area (Å²) >= 11 is 0. The van der Waals surface area contributed by atoms with Crippen LogP contribution in [0.15, 0.2) is 24.3 Å². The van der Waals surface area contributed by atoms with Crippen LogP contribution >= 0.6 is 12.4 Å². The first-order chi connectivity index (χ1) is 19.4. The van der Waals surface area contributed by atoms with Gasteiger partial charge in [0.1, 0.15) is 5.75 Å². The average Bonchev–Trinajstić information content (AvgIpc) is 2.92. The Labute approximate surface area is 253 Å². The molecule has 1 aromatic carbocycles. The number of nitrogens with zero attached hydrogens (tertiary/aromatic N) is 3. The van der Waals surface area contributed by atoms with Crippen LogP contribution in [-0.2, 0) is 28.6 Å². The summed E-state index contributed by atoms with van der Waals surface area (Å²) in [6.45, 7) is 10.4. The number of carbonyl (C=O) groups excluding carboxylic acids is 5. The van der Waals surface area contributed by atoms with Crippen LogP contribution in [0.4, 0.5) is 4.79 Å². The van der Waals surface area contributed by atoms with Crippen molar-refractivity contribution < 1.29 is 42.9 Å². The minimum atomic E-state index is -0.933. The first kappa shape index (κ1) is 34.8. The molecular formula is C29H42ClN3O9. The standard InChI is InChI=1S/C29H41N3O9.ClH/c1-19(2)28(40-21(5)33)41-29(37)30-12-10-23(11-13-30)31-14-15-32(26(35)17-31)16-25(34)22-6-8-24(9-7-22)38-18-27(36)39-20(3)4;/h6-9,19-20,23,28H,10-18H2,1-5H3;1H. The summed E-state index contributed by atoms with van der Waals surface area (Å²) in [4.78, 5) is 66.5. The van der Waals surface area contributed by atoms with Gasteiger partial charge in [0.25, 0.3) is 6.29 Å². The van der Waals surface area contributed by atoms with Crippen molar-refractivity contribution in [3.63, 3.8) is 0 Å². The van der Waals surface area contributed by atoms with E-state index >= 15 is 0 Å². The van der Waals surface area contributed by atoms with Crippen molar-refractivity contribution in [2.45, 2.75) is 65.9 Å². The van der Waals surface area contributed by atoms with E-state index in [0.717, 1.165) is 0 Å². The largest absolute Gasteiger partial charge is 0.482 e. The maximum atomic E-state index is 12.9. The number of hydrogen-bond acceptors (Lipinski definition) is 10. The Morgan fingerprint density at radius 1 is 0.905 bits per heavy atom. The number of ketones is 1. The Morgan fingerprint density at radius 3 is 2.10 bits per heavy atom. The molecule has 1 aromatic rings.